The molecule has 0 aromatic carbocycles. The Morgan fingerprint density at radius 1 is 1.37 bits per heavy atom. The third-order valence-corrected chi connectivity index (χ3v) is 3.56. The molecular formula is C15H24N3O+. The van der Waals surface area contributed by atoms with E-state index < -0.39 is 0 Å². The molecule has 4 nitrogen and oxygen atoms in total. The minimum Gasteiger partial charge on any atom is -0.331 e. The van der Waals surface area contributed by atoms with Gasteiger partial charge in [-0.2, -0.15) is 0 Å². The van der Waals surface area contributed by atoms with Gasteiger partial charge in [0.1, 0.15) is 6.54 Å². The van der Waals surface area contributed by atoms with Crippen molar-refractivity contribution in [3.05, 3.63) is 30.1 Å². The smallest absolute Gasteiger partial charge is 0.223 e. The molecule has 4 heteroatoms. The van der Waals surface area contributed by atoms with E-state index in [1.54, 1.807) is 0 Å². The molecule has 1 fully saturated rings. The first kappa shape index (κ1) is 14.0. The second-order valence-electron chi connectivity index (χ2n) is 5.73. The number of hydrogen-bond donors (Lipinski definition) is 1. The summed E-state index contributed by atoms with van der Waals surface area (Å²) in [6.45, 7) is 8.98. The van der Waals surface area contributed by atoms with Gasteiger partial charge in [-0.05, 0) is 18.1 Å². The molecule has 0 aliphatic carbocycles. The van der Waals surface area contributed by atoms with Crippen molar-refractivity contribution >= 4 is 5.91 Å². The fourth-order valence-corrected chi connectivity index (χ4v) is 2.49. The lowest BCUT2D eigenvalue weighted by Gasteiger charge is -2.32. The van der Waals surface area contributed by atoms with Crippen molar-refractivity contribution in [3.63, 3.8) is 0 Å². The number of piperazine rings is 1. The minimum absolute atomic E-state index is 0.312. The highest BCUT2D eigenvalue weighted by molar-refractivity contribution is 5.76. The zero-order chi connectivity index (χ0) is 13.7. The number of aromatic nitrogens is 1. The van der Waals surface area contributed by atoms with Crippen LogP contribution in [0.5, 0.6) is 0 Å². The largest absolute Gasteiger partial charge is 0.331 e. The first-order valence-electron chi connectivity index (χ1n) is 7.16. The van der Waals surface area contributed by atoms with E-state index in [2.05, 4.69) is 24.9 Å². The van der Waals surface area contributed by atoms with E-state index in [4.69, 9.17) is 0 Å². The van der Waals surface area contributed by atoms with E-state index >= 15 is 0 Å². The molecule has 1 amide bonds. The quantitative estimate of drug-likeness (QED) is 0.850. The molecular weight excluding hydrogens is 238 g/mol. The number of pyridine rings is 1. The van der Waals surface area contributed by atoms with E-state index in [1.165, 1.54) is 4.90 Å². The summed E-state index contributed by atoms with van der Waals surface area (Å²) in [6.07, 6.45) is 2.52. The zero-order valence-electron chi connectivity index (χ0n) is 11.9. The molecule has 19 heavy (non-hydrogen) atoms. The van der Waals surface area contributed by atoms with Crippen molar-refractivity contribution in [2.75, 3.05) is 26.2 Å². The Labute approximate surface area is 115 Å². The Hall–Kier alpha value is -1.42. The van der Waals surface area contributed by atoms with Gasteiger partial charge in [0.2, 0.25) is 5.91 Å². The van der Waals surface area contributed by atoms with E-state index in [0.29, 0.717) is 18.2 Å². The normalized spacial score (nSPS) is 16.9. The highest BCUT2D eigenvalue weighted by Gasteiger charge is 2.24. The van der Waals surface area contributed by atoms with Gasteiger partial charge in [-0.1, -0.05) is 19.9 Å². The maximum absolute atomic E-state index is 12.0. The Balaban J connectivity index is 1.78. The maximum Gasteiger partial charge on any atom is 0.223 e. The average molecular weight is 262 g/mol. The summed E-state index contributed by atoms with van der Waals surface area (Å²) in [5, 5.41) is 0. The molecule has 1 aliphatic heterocycles. The van der Waals surface area contributed by atoms with Gasteiger partial charge in [0.05, 0.1) is 31.9 Å². The lowest BCUT2D eigenvalue weighted by molar-refractivity contribution is -0.917. The fourth-order valence-electron chi connectivity index (χ4n) is 2.49. The van der Waals surface area contributed by atoms with Crippen molar-refractivity contribution in [1.82, 2.24) is 9.88 Å². The number of rotatable bonds is 4. The summed E-state index contributed by atoms with van der Waals surface area (Å²) in [6, 6.07) is 6.05. The number of nitrogens with zero attached hydrogens (tertiary/aromatic N) is 2. The van der Waals surface area contributed by atoms with Gasteiger partial charge in [-0.3, -0.25) is 9.78 Å². The van der Waals surface area contributed by atoms with E-state index in [9.17, 15) is 4.79 Å². The van der Waals surface area contributed by atoms with Crippen LogP contribution in [-0.2, 0) is 11.3 Å². The number of hydrogen-bond acceptors (Lipinski definition) is 2. The SMILES string of the molecule is CC(C)CC(=O)N1CC[NH+](Cc2ccccn2)CC1. The van der Waals surface area contributed by atoms with Crippen molar-refractivity contribution in [3.8, 4) is 0 Å². The third-order valence-electron chi connectivity index (χ3n) is 3.56. The minimum atomic E-state index is 0.312. The summed E-state index contributed by atoms with van der Waals surface area (Å²) < 4.78 is 0. The number of carbonyl (C=O) groups is 1. The Bertz CT molecular complexity index is 397. The van der Waals surface area contributed by atoms with E-state index in [1.807, 2.05) is 23.2 Å². The van der Waals surface area contributed by atoms with Crippen LogP contribution in [0.25, 0.3) is 0 Å². The van der Waals surface area contributed by atoms with E-state index in [-0.39, 0.29) is 0 Å². The van der Waals surface area contributed by atoms with Crippen molar-refractivity contribution in [2.45, 2.75) is 26.8 Å². The van der Waals surface area contributed by atoms with Crippen molar-refractivity contribution in [2.24, 2.45) is 5.92 Å². The highest BCUT2D eigenvalue weighted by atomic mass is 16.2. The fraction of sp³-hybridized carbons (Fsp3) is 0.600. The molecule has 0 unspecified atom stereocenters. The van der Waals surface area contributed by atoms with Gasteiger partial charge in [-0.25, -0.2) is 0 Å². The molecule has 0 atom stereocenters. The molecule has 0 spiro atoms. The van der Waals surface area contributed by atoms with Gasteiger partial charge in [0.25, 0.3) is 0 Å². The molecule has 2 rings (SSSR count). The topological polar surface area (TPSA) is 37.6 Å². The summed E-state index contributed by atoms with van der Waals surface area (Å²) in [4.78, 5) is 19.9. The van der Waals surface area contributed by atoms with Crippen LogP contribution < -0.4 is 4.90 Å². The van der Waals surface area contributed by atoms with Gasteiger partial charge in [0, 0.05) is 12.6 Å². The van der Waals surface area contributed by atoms with Gasteiger partial charge in [0.15, 0.2) is 0 Å². The molecule has 0 bridgehead atoms. The van der Waals surface area contributed by atoms with Crippen LogP contribution in [0.4, 0.5) is 0 Å². The molecule has 1 aromatic heterocycles. The summed E-state index contributed by atoms with van der Waals surface area (Å²) in [5.41, 5.74) is 1.14. The molecule has 0 saturated carbocycles. The lowest BCUT2D eigenvalue weighted by atomic mass is 10.1. The van der Waals surface area contributed by atoms with Gasteiger partial charge >= 0.3 is 0 Å². The second kappa shape index (κ2) is 6.66. The van der Waals surface area contributed by atoms with Crippen molar-refractivity contribution in [1.29, 1.82) is 0 Å². The monoisotopic (exact) mass is 262 g/mol. The molecule has 1 saturated heterocycles. The lowest BCUT2D eigenvalue weighted by Crippen LogP contribution is -3.13. The number of carbonyl (C=O) groups excluding carboxylic acids is 1. The van der Waals surface area contributed by atoms with Crippen molar-refractivity contribution < 1.29 is 9.69 Å². The predicted octanol–water partition coefficient (Wildman–Crippen LogP) is 0.355. The van der Waals surface area contributed by atoms with Crippen LogP contribution in [0.1, 0.15) is 26.0 Å². The third kappa shape index (κ3) is 4.31. The van der Waals surface area contributed by atoms with Crippen LogP contribution in [0.15, 0.2) is 24.4 Å². The molecule has 104 valence electrons. The Kier molecular flexibility index (Phi) is 4.91. The van der Waals surface area contributed by atoms with Crippen LogP contribution in [-0.4, -0.2) is 42.0 Å². The molecule has 2 heterocycles. The van der Waals surface area contributed by atoms with Gasteiger partial charge in [-0.15, -0.1) is 0 Å². The standard InChI is InChI=1S/C15H23N3O/c1-13(2)11-15(19)18-9-7-17(8-10-18)12-14-5-3-4-6-16-14/h3-6,13H,7-12H2,1-2H3/p+1. The summed E-state index contributed by atoms with van der Waals surface area (Å²) in [5.74, 6) is 0.762. The van der Waals surface area contributed by atoms with E-state index in [0.717, 1.165) is 38.4 Å². The Morgan fingerprint density at radius 2 is 2.11 bits per heavy atom. The first-order chi connectivity index (χ1) is 9.15. The summed E-state index contributed by atoms with van der Waals surface area (Å²) in [7, 11) is 0. The molecule has 1 N–H and O–H groups in total. The summed E-state index contributed by atoms with van der Waals surface area (Å²) >= 11 is 0. The first-order valence-corrected chi connectivity index (χ1v) is 7.16. The number of amides is 1. The zero-order valence-corrected chi connectivity index (χ0v) is 11.9. The van der Waals surface area contributed by atoms with Crippen LogP contribution in [0.2, 0.25) is 0 Å². The number of quaternary nitrogens is 1. The second-order valence-corrected chi connectivity index (χ2v) is 5.73. The predicted molar refractivity (Wildman–Crippen MR) is 74.7 cm³/mol. The Morgan fingerprint density at radius 3 is 2.68 bits per heavy atom. The number of nitrogens with one attached hydrogen (secondary N) is 1. The molecule has 1 aliphatic rings. The maximum atomic E-state index is 12.0. The molecule has 1 aromatic rings. The van der Waals surface area contributed by atoms with Gasteiger partial charge < -0.3 is 9.80 Å². The highest BCUT2D eigenvalue weighted by Crippen LogP contribution is 2.04. The average Bonchev–Trinajstić information content (AvgIpc) is 2.40. The van der Waals surface area contributed by atoms with Crippen LogP contribution in [0, 0.1) is 5.92 Å². The molecule has 0 radical (unpaired) electrons. The van der Waals surface area contributed by atoms with Crippen LogP contribution >= 0.6 is 0 Å². The van der Waals surface area contributed by atoms with Crippen LogP contribution in [0.3, 0.4) is 0 Å².